The Hall–Kier alpha value is -2.28. The van der Waals surface area contributed by atoms with Gasteiger partial charge < -0.3 is 24.6 Å². The van der Waals surface area contributed by atoms with Crippen molar-refractivity contribution in [1.82, 2.24) is 15.1 Å². The lowest BCUT2D eigenvalue weighted by Gasteiger charge is -2.32. The number of amides is 2. The van der Waals surface area contributed by atoms with Gasteiger partial charge in [0.05, 0.1) is 14.2 Å². The van der Waals surface area contributed by atoms with Gasteiger partial charge in [-0.25, -0.2) is 0 Å². The number of hydrogen-bond acceptors (Lipinski definition) is 5. The summed E-state index contributed by atoms with van der Waals surface area (Å²) in [5, 5.41) is 2.77. The minimum absolute atomic E-state index is 0.114. The average molecular weight is 335 g/mol. The van der Waals surface area contributed by atoms with E-state index in [0.717, 1.165) is 18.7 Å². The predicted molar refractivity (Wildman–Crippen MR) is 90.1 cm³/mol. The maximum absolute atomic E-state index is 12.1. The lowest BCUT2D eigenvalue weighted by molar-refractivity contribution is -0.137. The van der Waals surface area contributed by atoms with Crippen LogP contribution in [0.25, 0.3) is 0 Å². The van der Waals surface area contributed by atoms with E-state index in [-0.39, 0.29) is 18.2 Å². The fourth-order valence-electron chi connectivity index (χ4n) is 2.56. The number of carbonyl (C=O) groups is 2. The molecule has 1 heterocycles. The smallest absolute Gasteiger partial charge is 0.232 e. The molecule has 1 N–H and O–H groups in total. The quantitative estimate of drug-likeness (QED) is 0.766. The number of rotatable bonds is 6. The van der Waals surface area contributed by atoms with E-state index >= 15 is 0 Å². The van der Waals surface area contributed by atoms with Gasteiger partial charge in [0, 0.05) is 32.7 Å². The number of methoxy groups -OCH3 is 2. The van der Waals surface area contributed by atoms with Crippen molar-refractivity contribution in [3.8, 4) is 11.5 Å². The first-order chi connectivity index (χ1) is 11.5. The SMILES string of the molecule is COc1ccc(CNC(=O)CC(=O)N2CCN(C)CC2)cc1OC. The van der Waals surface area contributed by atoms with Gasteiger partial charge in [0.2, 0.25) is 11.8 Å². The van der Waals surface area contributed by atoms with Crippen LogP contribution in [0.5, 0.6) is 11.5 Å². The Labute approximate surface area is 142 Å². The highest BCUT2D eigenvalue weighted by atomic mass is 16.5. The molecule has 0 aromatic heterocycles. The number of nitrogens with one attached hydrogen (secondary N) is 1. The largest absolute Gasteiger partial charge is 0.493 e. The number of piperazine rings is 1. The summed E-state index contributed by atoms with van der Waals surface area (Å²) in [4.78, 5) is 28.0. The molecule has 2 rings (SSSR count). The molecule has 24 heavy (non-hydrogen) atoms. The van der Waals surface area contributed by atoms with Crippen LogP contribution in [0, 0.1) is 0 Å². The molecule has 1 fully saturated rings. The van der Waals surface area contributed by atoms with Crippen LogP contribution >= 0.6 is 0 Å². The summed E-state index contributed by atoms with van der Waals surface area (Å²) >= 11 is 0. The van der Waals surface area contributed by atoms with Crippen LogP contribution in [-0.4, -0.2) is 69.1 Å². The Bertz CT molecular complexity index is 583. The molecule has 2 amide bonds. The molecule has 0 atom stereocenters. The molecule has 1 aromatic rings. The van der Waals surface area contributed by atoms with Crippen molar-refractivity contribution in [3.63, 3.8) is 0 Å². The summed E-state index contributed by atoms with van der Waals surface area (Å²) in [5.41, 5.74) is 0.882. The molecule has 0 radical (unpaired) electrons. The van der Waals surface area contributed by atoms with Gasteiger partial charge in [-0.05, 0) is 24.7 Å². The molecule has 0 unspecified atom stereocenters. The van der Waals surface area contributed by atoms with Crippen LogP contribution in [0.3, 0.4) is 0 Å². The third-order valence-electron chi connectivity index (χ3n) is 4.11. The second kappa shape index (κ2) is 8.54. The van der Waals surface area contributed by atoms with Crippen LogP contribution < -0.4 is 14.8 Å². The van der Waals surface area contributed by atoms with E-state index in [4.69, 9.17) is 9.47 Å². The molecular formula is C17H25N3O4. The molecule has 0 saturated carbocycles. The van der Waals surface area contributed by atoms with Gasteiger partial charge in [-0.2, -0.15) is 0 Å². The number of carbonyl (C=O) groups excluding carboxylic acids is 2. The van der Waals surface area contributed by atoms with Gasteiger partial charge in [0.25, 0.3) is 0 Å². The Kier molecular flexibility index (Phi) is 6.43. The molecule has 7 nitrogen and oxygen atoms in total. The van der Waals surface area contributed by atoms with Crippen molar-refractivity contribution in [1.29, 1.82) is 0 Å². The average Bonchev–Trinajstić information content (AvgIpc) is 2.60. The number of likely N-dealkylation sites (N-methyl/N-ethyl adjacent to an activating group) is 1. The molecule has 1 aromatic carbocycles. The van der Waals surface area contributed by atoms with Gasteiger partial charge in [0.15, 0.2) is 11.5 Å². The van der Waals surface area contributed by atoms with Crippen molar-refractivity contribution in [3.05, 3.63) is 23.8 Å². The molecule has 132 valence electrons. The van der Waals surface area contributed by atoms with Crippen molar-refractivity contribution in [2.45, 2.75) is 13.0 Å². The Balaban J connectivity index is 1.81. The van der Waals surface area contributed by atoms with E-state index in [1.54, 1.807) is 31.3 Å². The molecule has 0 bridgehead atoms. The standard InChI is InChI=1S/C17H25N3O4/c1-19-6-8-20(9-7-19)17(22)11-16(21)18-12-13-4-5-14(23-2)15(10-13)24-3/h4-5,10H,6-9,11-12H2,1-3H3,(H,18,21). The molecule has 0 aliphatic carbocycles. The third-order valence-corrected chi connectivity index (χ3v) is 4.11. The second-order valence-corrected chi connectivity index (χ2v) is 5.83. The highest BCUT2D eigenvalue weighted by Crippen LogP contribution is 2.27. The summed E-state index contributed by atoms with van der Waals surface area (Å²) in [6, 6.07) is 5.45. The highest BCUT2D eigenvalue weighted by molar-refractivity contribution is 5.96. The van der Waals surface area contributed by atoms with Crippen molar-refractivity contribution >= 4 is 11.8 Å². The second-order valence-electron chi connectivity index (χ2n) is 5.83. The summed E-state index contributed by atoms with van der Waals surface area (Å²) in [6.45, 7) is 3.39. The summed E-state index contributed by atoms with van der Waals surface area (Å²) in [6.07, 6.45) is -0.114. The monoisotopic (exact) mass is 335 g/mol. The number of hydrogen-bond donors (Lipinski definition) is 1. The minimum atomic E-state index is -0.270. The molecule has 1 saturated heterocycles. The normalized spacial score (nSPS) is 15.0. The third kappa shape index (κ3) is 4.86. The maximum atomic E-state index is 12.1. The van der Waals surface area contributed by atoms with Crippen LogP contribution in [0.2, 0.25) is 0 Å². The van der Waals surface area contributed by atoms with E-state index in [2.05, 4.69) is 10.2 Å². The zero-order valence-electron chi connectivity index (χ0n) is 14.5. The van der Waals surface area contributed by atoms with Gasteiger partial charge in [-0.15, -0.1) is 0 Å². The predicted octanol–water partition coefficient (Wildman–Crippen LogP) is 0.484. The lowest BCUT2D eigenvalue weighted by atomic mass is 10.2. The first-order valence-electron chi connectivity index (χ1n) is 7.97. The number of ether oxygens (including phenoxy) is 2. The highest BCUT2D eigenvalue weighted by Gasteiger charge is 2.21. The van der Waals surface area contributed by atoms with Crippen molar-refractivity contribution in [2.75, 3.05) is 47.4 Å². The summed E-state index contributed by atoms with van der Waals surface area (Å²) < 4.78 is 10.4. The number of nitrogens with zero attached hydrogens (tertiary/aromatic N) is 2. The van der Waals surface area contributed by atoms with E-state index in [0.29, 0.717) is 31.1 Å². The maximum Gasteiger partial charge on any atom is 0.232 e. The van der Waals surface area contributed by atoms with Gasteiger partial charge in [-0.1, -0.05) is 6.07 Å². The topological polar surface area (TPSA) is 71.1 Å². The zero-order valence-corrected chi connectivity index (χ0v) is 14.5. The van der Waals surface area contributed by atoms with Crippen LogP contribution in [0.15, 0.2) is 18.2 Å². The van der Waals surface area contributed by atoms with Gasteiger partial charge in [0.1, 0.15) is 6.42 Å². The van der Waals surface area contributed by atoms with Gasteiger partial charge in [-0.3, -0.25) is 9.59 Å². The minimum Gasteiger partial charge on any atom is -0.493 e. The number of benzene rings is 1. The molecule has 7 heteroatoms. The summed E-state index contributed by atoms with van der Waals surface area (Å²) in [5.74, 6) is 0.859. The Morgan fingerprint density at radius 2 is 1.75 bits per heavy atom. The Morgan fingerprint density at radius 3 is 2.38 bits per heavy atom. The van der Waals surface area contributed by atoms with E-state index in [1.165, 1.54) is 0 Å². The Morgan fingerprint density at radius 1 is 1.08 bits per heavy atom. The van der Waals surface area contributed by atoms with Crippen LogP contribution in [0.4, 0.5) is 0 Å². The van der Waals surface area contributed by atoms with Crippen LogP contribution in [-0.2, 0) is 16.1 Å². The molecule has 1 aliphatic rings. The molecule has 1 aliphatic heterocycles. The van der Waals surface area contributed by atoms with E-state index in [1.807, 2.05) is 13.1 Å². The summed E-state index contributed by atoms with van der Waals surface area (Å²) in [7, 11) is 5.16. The fourth-order valence-corrected chi connectivity index (χ4v) is 2.56. The lowest BCUT2D eigenvalue weighted by Crippen LogP contribution is -2.48. The van der Waals surface area contributed by atoms with Crippen molar-refractivity contribution in [2.24, 2.45) is 0 Å². The van der Waals surface area contributed by atoms with Crippen LogP contribution in [0.1, 0.15) is 12.0 Å². The van der Waals surface area contributed by atoms with Gasteiger partial charge >= 0.3 is 0 Å². The van der Waals surface area contributed by atoms with E-state index in [9.17, 15) is 9.59 Å². The first kappa shape index (κ1) is 18.1. The fraction of sp³-hybridized carbons (Fsp3) is 0.529. The molecular weight excluding hydrogens is 310 g/mol. The molecule has 0 spiro atoms. The zero-order chi connectivity index (χ0) is 17.5. The van der Waals surface area contributed by atoms with E-state index < -0.39 is 0 Å². The van der Waals surface area contributed by atoms with Crippen molar-refractivity contribution < 1.29 is 19.1 Å². The first-order valence-corrected chi connectivity index (χ1v) is 7.97.